The van der Waals surface area contributed by atoms with Gasteiger partial charge in [-0.05, 0) is 76.3 Å². The monoisotopic (exact) mass is 440 g/mol. The lowest BCUT2D eigenvalue weighted by molar-refractivity contribution is 0.591. The van der Waals surface area contributed by atoms with Crippen LogP contribution in [-0.2, 0) is 5.41 Å². The molecule has 6 rings (SSSR count). The average Bonchev–Trinajstić information content (AvgIpc) is 3.22. The summed E-state index contributed by atoms with van der Waals surface area (Å²) in [7, 11) is 0. The van der Waals surface area contributed by atoms with Crippen molar-refractivity contribution in [3.05, 3.63) is 115 Å². The fourth-order valence-corrected chi connectivity index (χ4v) is 4.83. The standard InChI is InChI=1S/C32H28N2/c1-32(2,3)24-14-17-30-28(20-24)29-21-27(16-18-31(29)33-30)34(25-11-5-4-6-12-25)26-15-13-22-9-7-8-10-23(22)19-26/h4-21,33H,1-3H3. The number of H-pyrrole nitrogens is 1. The maximum atomic E-state index is 3.61. The zero-order valence-electron chi connectivity index (χ0n) is 19.8. The highest BCUT2D eigenvalue weighted by Crippen LogP contribution is 2.39. The Labute approximate surface area is 200 Å². The molecule has 0 radical (unpaired) electrons. The summed E-state index contributed by atoms with van der Waals surface area (Å²) < 4.78 is 0. The molecule has 0 aliphatic carbocycles. The van der Waals surface area contributed by atoms with Gasteiger partial charge >= 0.3 is 0 Å². The number of nitrogens with one attached hydrogen (secondary N) is 1. The Balaban J connectivity index is 1.57. The van der Waals surface area contributed by atoms with Crippen LogP contribution in [0.25, 0.3) is 32.6 Å². The van der Waals surface area contributed by atoms with E-state index in [9.17, 15) is 0 Å². The predicted molar refractivity (Wildman–Crippen MR) is 147 cm³/mol. The molecule has 0 amide bonds. The lowest BCUT2D eigenvalue weighted by Crippen LogP contribution is -2.10. The molecule has 0 unspecified atom stereocenters. The third-order valence-corrected chi connectivity index (χ3v) is 6.71. The quantitative estimate of drug-likeness (QED) is 0.290. The fraction of sp³-hybridized carbons (Fsp3) is 0.125. The summed E-state index contributed by atoms with van der Waals surface area (Å²) in [5.74, 6) is 0. The molecule has 0 aliphatic heterocycles. The van der Waals surface area contributed by atoms with Crippen molar-refractivity contribution in [3.63, 3.8) is 0 Å². The average molecular weight is 441 g/mol. The van der Waals surface area contributed by atoms with Crippen LogP contribution in [0, 0.1) is 0 Å². The normalized spacial score (nSPS) is 12.0. The number of benzene rings is 5. The number of fused-ring (bicyclic) bond motifs is 4. The van der Waals surface area contributed by atoms with Gasteiger partial charge in [0.15, 0.2) is 0 Å². The summed E-state index contributed by atoms with van der Waals surface area (Å²) in [5, 5.41) is 5.01. The topological polar surface area (TPSA) is 19.0 Å². The van der Waals surface area contributed by atoms with E-state index in [1.54, 1.807) is 0 Å². The Hall–Kier alpha value is -4.04. The summed E-state index contributed by atoms with van der Waals surface area (Å²) in [5.41, 5.74) is 7.24. The molecule has 34 heavy (non-hydrogen) atoms. The Bertz CT molecular complexity index is 1630. The first kappa shape index (κ1) is 20.6. The second-order valence-electron chi connectivity index (χ2n) is 10.1. The lowest BCUT2D eigenvalue weighted by Gasteiger charge is -2.26. The van der Waals surface area contributed by atoms with Gasteiger partial charge in [-0.25, -0.2) is 0 Å². The van der Waals surface area contributed by atoms with Gasteiger partial charge in [-0.2, -0.15) is 0 Å². The van der Waals surface area contributed by atoms with Crippen LogP contribution in [0.4, 0.5) is 17.1 Å². The molecule has 0 aliphatic rings. The van der Waals surface area contributed by atoms with E-state index in [-0.39, 0.29) is 5.41 Å². The van der Waals surface area contributed by atoms with E-state index in [2.05, 4.69) is 140 Å². The molecule has 0 spiro atoms. The minimum Gasteiger partial charge on any atom is -0.355 e. The van der Waals surface area contributed by atoms with Crippen LogP contribution in [0.2, 0.25) is 0 Å². The van der Waals surface area contributed by atoms with Gasteiger partial charge in [-0.1, -0.05) is 75.4 Å². The summed E-state index contributed by atoms with van der Waals surface area (Å²) in [4.78, 5) is 5.95. The molecule has 2 nitrogen and oxygen atoms in total. The highest BCUT2D eigenvalue weighted by molar-refractivity contribution is 6.09. The van der Waals surface area contributed by atoms with Crippen molar-refractivity contribution in [1.82, 2.24) is 4.98 Å². The smallest absolute Gasteiger partial charge is 0.0469 e. The van der Waals surface area contributed by atoms with Crippen molar-refractivity contribution < 1.29 is 0 Å². The van der Waals surface area contributed by atoms with E-state index in [1.807, 2.05) is 0 Å². The summed E-state index contributed by atoms with van der Waals surface area (Å²) in [6.45, 7) is 6.81. The summed E-state index contributed by atoms with van der Waals surface area (Å²) in [6, 6.07) is 39.4. The van der Waals surface area contributed by atoms with Crippen molar-refractivity contribution in [2.24, 2.45) is 0 Å². The van der Waals surface area contributed by atoms with Gasteiger partial charge in [0.25, 0.3) is 0 Å². The maximum absolute atomic E-state index is 3.61. The highest BCUT2D eigenvalue weighted by atomic mass is 15.1. The summed E-state index contributed by atoms with van der Waals surface area (Å²) in [6.07, 6.45) is 0. The molecule has 5 aromatic carbocycles. The van der Waals surface area contributed by atoms with Crippen LogP contribution in [0.15, 0.2) is 109 Å². The molecular formula is C32H28N2. The van der Waals surface area contributed by atoms with Crippen molar-refractivity contribution >= 4 is 49.6 Å². The van der Waals surface area contributed by atoms with Crippen molar-refractivity contribution in [1.29, 1.82) is 0 Å². The number of nitrogens with zero attached hydrogens (tertiary/aromatic N) is 1. The van der Waals surface area contributed by atoms with Crippen LogP contribution in [0.5, 0.6) is 0 Å². The van der Waals surface area contributed by atoms with E-state index >= 15 is 0 Å². The number of aromatic nitrogens is 1. The number of para-hydroxylation sites is 1. The number of hydrogen-bond donors (Lipinski definition) is 1. The van der Waals surface area contributed by atoms with Crippen molar-refractivity contribution in [2.45, 2.75) is 26.2 Å². The van der Waals surface area contributed by atoms with Gasteiger partial charge in [0.1, 0.15) is 0 Å². The van der Waals surface area contributed by atoms with Crippen molar-refractivity contribution in [2.75, 3.05) is 4.90 Å². The molecule has 0 atom stereocenters. The molecule has 6 aromatic rings. The zero-order valence-corrected chi connectivity index (χ0v) is 19.8. The third-order valence-electron chi connectivity index (χ3n) is 6.71. The first-order valence-electron chi connectivity index (χ1n) is 11.9. The SMILES string of the molecule is CC(C)(C)c1ccc2[nH]c3ccc(N(c4ccccc4)c4ccc5ccccc5c4)cc3c2c1. The Morgan fingerprint density at radius 3 is 1.91 bits per heavy atom. The molecule has 1 N–H and O–H groups in total. The van der Waals surface area contributed by atoms with Gasteiger partial charge < -0.3 is 9.88 Å². The second-order valence-corrected chi connectivity index (χ2v) is 10.1. The van der Waals surface area contributed by atoms with Crippen LogP contribution >= 0.6 is 0 Å². The number of hydrogen-bond acceptors (Lipinski definition) is 1. The van der Waals surface area contributed by atoms with Gasteiger partial charge in [0.05, 0.1) is 0 Å². The Morgan fingerprint density at radius 2 is 1.15 bits per heavy atom. The molecule has 1 aromatic heterocycles. The highest BCUT2D eigenvalue weighted by Gasteiger charge is 2.17. The lowest BCUT2D eigenvalue weighted by atomic mass is 9.86. The molecule has 0 bridgehead atoms. The number of anilines is 3. The molecule has 0 saturated heterocycles. The van der Waals surface area contributed by atoms with Gasteiger partial charge in [-0.3, -0.25) is 0 Å². The van der Waals surface area contributed by atoms with Gasteiger partial charge in [0.2, 0.25) is 0 Å². The Kier molecular flexibility index (Phi) is 4.70. The van der Waals surface area contributed by atoms with Crippen LogP contribution in [-0.4, -0.2) is 4.98 Å². The number of rotatable bonds is 3. The van der Waals surface area contributed by atoms with E-state index in [4.69, 9.17) is 0 Å². The largest absolute Gasteiger partial charge is 0.355 e. The first-order chi connectivity index (χ1) is 16.5. The second kappa shape index (κ2) is 7.78. The maximum Gasteiger partial charge on any atom is 0.0469 e. The van der Waals surface area contributed by atoms with Crippen LogP contribution < -0.4 is 4.90 Å². The molecule has 0 saturated carbocycles. The Morgan fingerprint density at radius 1 is 0.529 bits per heavy atom. The van der Waals surface area contributed by atoms with Crippen LogP contribution in [0.1, 0.15) is 26.3 Å². The van der Waals surface area contributed by atoms with Crippen LogP contribution in [0.3, 0.4) is 0 Å². The molecule has 0 fully saturated rings. The van der Waals surface area contributed by atoms with E-state index < -0.39 is 0 Å². The van der Waals surface area contributed by atoms with Gasteiger partial charge in [0, 0.05) is 38.9 Å². The summed E-state index contributed by atoms with van der Waals surface area (Å²) >= 11 is 0. The fourth-order valence-electron chi connectivity index (χ4n) is 4.83. The minimum absolute atomic E-state index is 0.108. The minimum atomic E-state index is 0.108. The van der Waals surface area contributed by atoms with E-state index in [0.717, 1.165) is 22.6 Å². The third kappa shape index (κ3) is 3.52. The number of aromatic amines is 1. The molecule has 2 heteroatoms. The zero-order chi connectivity index (χ0) is 23.3. The molecular weight excluding hydrogens is 412 g/mol. The van der Waals surface area contributed by atoms with Crippen molar-refractivity contribution in [3.8, 4) is 0 Å². The van der Waals surface area contributed by atoms with Gasteiger partial charge in [-0.15, -0.1) is 0 Å². The first-order valence-corrected chi connectivity index (χ1v) is 11.9. The molecule has 166 valence electrons. The van der Waals surface area contributed by atoms with E-state index in [0.29, 0.717) is 0 Å². The molecule has 1 heterocycles. The predicted octanol–water partition coefficient (Wildman–Crippen LogP) is 9.24. The van der Waals surface area contributed by atoms with E-state index in [1.165, 1.54) is 32.6 Å².